The Balaban J connectivity index is 0.659. The van der Waals surface area contributed by atoms with Gasteiger partial charge in [0.2, 0.25) is 17.7 Å². The molecular weight excluding hydrogens is 1260 g/mol. The number of imide groups is 1. The number of fused-ring (bicyclic) bond motifs is 7. The number of amides is 8. The van der Waals surface area contributed by atoms with Crippen LogP contribution in [-0.2, 0) is 87.6 Å². The Morgan fingerprint density at radius 3 is 2.28 bits per heavy atom. The van der Waals surface area contributed by atoms with E-state index in [-0.39, 0.29) is 163 Å². The lowest BCUT2D eigenvalue weighted by atomic mass is 9.86. The number of hydroxylamine groups is 2. The molecule has 4 bridgehead atoms. The fourth-order valence-electron chi connectivity index (χ4n) is 14.8. The summed E-state index contributed by atoms with van der Waals surface area (Å²) in [5.41, 5.74) is 8.46. The summed E-state index contributed by atoms with van der Waals surface area (Å²) in [6.45, 7) is 16.5. The maximum absolute atomic E-state index is 13.8. The van der Waals surface area contributed by atoms with Crippen LogP contribution in [0.5, 0.6) is 0 Å². The van der Waals surface area contributed by atoms with E-state index in [1.54, 1.807) is 45.2 Å². The van der Waals surface area contributed by atoms with E-state index in [9.17, 15) is 48.3 Å². The Morgan fingerprint density at radius 2 is 1.55 bits per heavy atom. The number of ketones is 1. The van der Waals surface area contributed by atoms with Crippen molar-refractivity contribution in [2.24, 2.45) is 23.5 Å². The molecule has 9 rings (SSSR count). The number of urea groups is 1. The molecule has 8 saturated heterocycles. The number of carbonyl (C=O) groups excluding carboxylic acids is 9. The van der Waals surface area contributed by atoms with Crippen LogP contribution in [0.3, 0.4) is 0 Å². The zero-order valence-electron chi connectivity index (χ0n) is 56.9. The third-order valence-corrected chi connectivity index (χ3v) is 20.2. The number of nitrogens with one attached hydrogen (secondary N) is 5. The fraction of sp³-hybridized carbons (Fsp3) is 0.729. The number of rotatable bonds is 34. The first-order valence-electron chi connectivity index (χ1n) is 35.1. The predicted octanol–water partition coefficient (Wildman–Crippen LogP) is 6.24. The van der Waals surface area contributed by atoms with E-state index in [0.29, 0.717) is 60.8 Å². The molecule has 97 heavy (non-hydrogen) atoms. The quantitative estimate of drug-likeness (QED) is 0.0228. The van der Waals surface area contributed by atoms with Crippen molar-refractivity contribution < 1.29 is 95.7 Å². The van der Waals surface area contributed by atoms with Crippen LogP contribution in [0.1, 0.15) is 181 Å². The van der Waals surface area contributed by atoms with E-state index in [2.05, 4.69) is 53.6 Å². The number of unbranched alkanes of at least 4 members (excludes halogenated alkanes) is 2. The zero-order valence-corrected chi connectivity index (χ0v) is 56.9. The van der Waals surface area contributed by atoms with Crippen molar-refractivity contribution in [1.29, 1.82) is 0 Å². The maximum atomic E-state index is 13.8. The standard InChI is InChI=1S/C70H103N7O20/c1-39(2)63(76-59(80)13-9-8-10-14-62(83)97-77-60(81)23-24-61(77)82)67(85)75-52(12-11-29-72-68(71)86)66(84)74-46-17-15-44(16-18-46)37-90-69(87)73-36-48(79)34-57-64(88-7)45(38-89-57)32-47(78)33-50-20-22-55-65(93-50)58-35-56(94-55)54-26-28-70(95-54,96-58)27-25-51-31-41(4)53(92-51)21-19-49-30-40(3)42(5)43(6)91-49/h15-18,39-40,43,45,48-58,63-65,79H,4-5,8-14,19-38H2,1-3,6-7H3,(H,73,87)(H,74,84)(H,75,85)(H,76,80)(H3,71,72,86)/t40-,43-,45?,48?,49?,50?,51?,52?,53+,54?,55?,56?,57-,58?,63+,64-,65+,70+/m1/s1. The van der Waals surface area contributed by atoms with Gasteiger partial charge in [-0.3, -0.25) is 28.8 Å². The van der Waals surface area contributed by atoms with Gasteiger partial charge in [-0.15, -0.1) is 5.06 Å². The number of Topliss-reactive ketones (excluding diaryl/α,β-unsaturated/α-hetero) is 1. The predicted molar refractivity (Wildman–Crippen MR) is 349 cm³/mol. The molecule has 1 aromatic rings. The van der Waals surface area contributed by atoms with Crippen LogP contribution in [0.2, 0.25) is 0 Å². The Morgan fingerprint density at radius 1 is 0.794 bits per heavy atom. The molecule has 10 unspecified atom stereocenters. The largest absolute Gasteiger partial charge is 0.445 e. The van der Waals surface area contributed by atoms with Gasteiger partial charge in [0, 0.05) is 96.0 Å². The average Bonchev–Trinajstić information content (AvgIpc) is 1.64. The number of primary amides is 1. The fourth-order valence-corrected chi connectivity index (χ4v) is 14.8. The third kappa shape index (κ3) is 21.1. The van der Waals surface area contributed by atoms with E-state index >= 15 is 0 Å². The summed E-state index contributed by atoms with van der Waals surface area (Å²) in [6, 6.07) is 3.56. The second kappa shape index (κ2) is 35.1. The lowest BCUT2D eigenvalue weighted by molar-refractivity contribution is -0.276. The number of aliphatic hydroxyl groups excluding tert-OH is 1. The lowest BCUT2D eigenvalue weighted by Gasteiger charge is -2.47. The number of hydrogen-bond acceptors (Lipinski definition) is 20. The molecular formula is C70H103N7O20. The van der Waals surface area contributed by atoms with Crippen LogP contribution in [0.15, 0.2) is 48.6 Å². The van der Waals surface area contributed by atoms with Crippen LogP contribution in [0, 0.1) is 17.8 Å². The number of nitrogens with zero attached hydrogens (tertiary/aromatic N) is 1. The van der Waals surface area contributed by atoms with Crippen LogP contribution in [-0.4, -0.2) is 188 Å². The monoisotopic (exact) mass is 1360 g/mol. The van der Waals surface area contributed by atoms with E-state index in [4.69, 9.17) is 53.2 Å². The zero-order chi connectivity index (χ0) is 69.5. The van der Waals surface area contributed by atoms with Crippen molar-refractivity contribution >= 4 is 59.1 Å². The lowest BCUT2D eigenvalue weighted by Crippen LogP contribution is -2.56. The van der Waals surface area contributed by atoms with Gasteiger partial charge < -0.3 is 84.9 Å². The number of benzene rings is 1. The number of aliphatic hydroxyl groups is 1. The van der Waals surface area contributed by atoms with Gasteiger partial charge in [-0.05, 0) is 125 Å². The number of methoxy groups -OCH3 is 1. The van der Waals surface area contributed by atoms with Crippen molar-refractivity contribution in [2.45, 2.75) is 279 Å². The molecule has 0 aromatic heterocycles. The third-order valence-electron chi connectivity index (χ3n) is 20.2. The summed E-state index contributed by atoms with van der Waals surface area (Å²) in [4.78, 5) is 119. The highest BCUT2D eigenvalue weighted by Gasteiger charge is 2.57. The van der Waals surface area contributed by atoms with Gasteiger partial charge in [0.1, 0.15) is 30.6 Å². The van der Waals surface area contributed by atoms with Crippen LogP contribution in [0.25, 0.3) is 0 Å². The molecule has 8 N–H and O–H groups in total. The van der Waals surface area contributed by atoms with E-state index in [1.807, 2.05) is 0 Å². The summed E-state index contributed by atoms with van der Waals surface area (Å²) < 4.78 is 57.5. The van der Waals surface area contributed by atoms with Gasteiger partial charge in [-0.25, -0.2) is 14.4 Å². The van der Waals surface area contributed by atoms with Gasteiger partial charge in [-0.2, -0.15) is 0 Å². The number of ether oxygens (including phenoxy) is 9. The van der Waals surface area contributed by atoms with Crippen molar-refractivity contribution in [3.8, 4) is 0 Å². The number of anilines is 1. The molecule has 8 aliphatic heterocycles. The van der Waals surface area contributed by atoms with E-state index in [0.717, 1.165) is 56.9 Å². The Bertz CT molecular complexity index is 2920. The number of carbonyl (C=O) groups is 9. The molecule has 0 aliphatic carbocycles. The molecule has 18 atom stereocenters. The maximum Gasteiger partial charge on any atom is 0.407 e. The molecule has 8 fully saturated rings. The molecule has 0 spiro atoms. The first-order chi connectivity index (χ1) is 46.4. The normalized spacial score (nSPS) is 30.8. The van der Waals surface area contributed by atoms with Gasteiger partial charge in [-0.1, -0.05) is 52.5 Å². The van der Waals surface area contributed by atoms with Gasteiger partial charge in [0.25, 0.3) is 11.8 Å². The summed E-state index contributed by atoms with van der Waals surface area (Å²) in [6.07, 6.45) is 7.13. The SMILES string of the molecule is C=C1CC(CC[C@]23CCC(O2)C2CC(O3)[C@H]3OC(CC(=O)CC4CO[C@H](CC(O)CNC(=O)OCc5ccc(NC(=O)C(CCCNC(N)=O)NC(=O)[C@@H](NC(=O)CCCCCC(=O)ON6C(=O)CCC6=O)C(C)C)cc5)[C@@H]4OC)CCC3O2)O[C@H]1CCC1C[C@@H](C)C(=C)[C@@H](C)O1. The topological polar surface area (TPSA) is 356 Å². The molecule has 0 saturated carbocycles. The van der Waals surface area contributed by atoms with Crippen LogP contribution in [0.4, 0.5) is 15.3 Å². The Labute approximate surface area is 568 Å². The minimum absolute atomic E-state index is 0.00824. The van der Waals surface area contributed by atoms with Gasteiger partial charge in [0.05, 0.1) is 79.9 Å². The summed E-state index contributed by atoms with van der Waals surface area (Å²) in [5.74, 6) is -4.43. The highest BCUT2D eigenvalue weighted by Crippen LogP contribution is 2.49. The summed E-state index contributed by atoms with van der Waals surface area (Å²) in [5, 5.41) is 24.8. The van der Waals surface area contributed by atoms with Crippen molar-refractivity contribution in [1.82, 2.24) is 26.3 Å². The molecule has 8 amide bonds. The van der Waals surface area contributed by atoms with Crippen molar-refractivity contribution in [2.75, 3.05) is 32.1 Å². The molecule has 8 aliphatic rings. The molecule has 538 valence electrons. The highest BCUT2D eigenvalue weighted by molar-refractivity contribution is 6.01. The highest BCUT2D eigenvalue weighted by atomic mass is 16.7. The smallest absolute Gasteiger partial charge is 0.407 e. The summed E-state index contributed by atoms with van der Waals surface area (Å²) in [7, 11) is 1.55. The number of nitrogens with two attached hydrogens (primary N) is 1. The van der Waals surface area contributed by atoms with E-state index < -0.39 is 83.8 Å². The first kappa shape index (κ1) is 74.8. The van der Waals surface area contributed by atoms with E-state index in [1.165, 1.54) is 5.57 Å². The second-order valence-corrected chi connectivity index (χ2v) is 28.0. The Hall–Kier alpha value is -6.43. The first-order valence-corrected chi connectivity index (χ1v) is 35.1. The van der Waals surface area contributed by atoms with Crippen LogP contribution < -0.4 is 32.3 Å². The average molecular weight is 1360 g/mol. The molecule has 0 radical (unpaired) electrons. The summed E-state index contributed by atoms with van der Waals surface area (Å²) >= 11 is 0. The van der Waals surface area contributed by atoms with Crippen LogP contribution >= 0.6 is 0 Å². The van der Waals surface area contributed by atoms with Gasteiger partial charge >= 0.3 is 18.1 Å². The minimum Gasteiger partial charge on any atom is -0.445 e. The minimum atomic E-state index is -1.10. The molecule has 8 heterocycles. The molecule has 27 heteroatoms. The van der Waals surface area contributed by atoms with Crippen molar-refractivity contribution in [3.05, 3.63) is 54.1 Å². The number of alkyl carbamates (subject to hydrolysis) is 1. The second-order valence-electron chi connectivity index (χ2n) is 28.0. The van der Waals surface area contributed by atoms with Crippen molar-refractivity contribution in [3.63, 3.8) is 0 Å². The van der Waals surface area contributed by atoms with Gasteiger partial charge in [0.15, 0.2) is 5.79 Å². The Kier molecular flexibility index (Phi) is 27.0. The molecule has 1 aromatic carbocycles. The molecule has 27 nitrogen and oxygen atoms in total. The number of hydrogen-bond donors (Lipinski definition) is 7.